The average Bonchev–Trinajstić information content (AvgIpc) is 3.20. The molecule has 1 amide bonds. The first kappa shape index (κ1) is 16.0. The molecule has 0 spiro atoms. The number of methoxy groups -OCH3 is 1. The summed E-state index contributed by atoms with van der Waals surface area (Å²) in [5, 5.41) is 3.41. The van der Waals surface area contributed by atoms with E-state index in [2.05, 4.69) is 5.32 Å². The Morgan fingerprint density at radius 2 is 1.88 bits per heavy atom. The van der Waals surface area contributed by atoms with Gasteiger partial charge in [-0.1, -0.05) is 12.1 Å². The average molecular weight is 346 g/mol. The summed E-state index contributed by atoms with van der Waals surface area (Å²) in [6, 6.07) is 18.6. The predicted molar refractivity (Wildman–Crippen MR) is 101 cm³/mol. The molecule has 0 fully saturated rings. The smallest absolute Gasteiger partial charge is 0.262 e. The zero-order valence-corrected chi connectivity index (χ0v) is 14.3. The first-order valence-corrected chi connectivity index (χ1v) is 8.31. The van der Waals surface area contributed by atoms with Crippen molar-refractivity contribution in [2.75, 3.05) is 17.3 Å². The number of hydrogen-bond donors (Lipinski definition) is 1. The fourth-order valence-electron chi connectivity index (χ4n) is 3.00. The molecule has 1 atom stereocenters. The molecule has 0 saturated heterocycles. The highest BCUT2D eigenvalue weighted by atomic mass is 16.5. The molecule has 1 aliphatic heterocycles. The van der Waals surface area contributed by atoms with Crippen LogP contribution in [0.5, 0.6) is 5.75 Å². The SMILES string of the molecule is COc1ccc(N2C(=O)c3ccccc3NC2C=Cc2ccco2)cc1. The number of rotatable bonds is 4. The van der Waals surface area contributed by atoms with Crippen LogP contribution in [-0.4, -0.2) is 19.2 Å². The van der Waals surface area contributed by atoms with Crippen molar-refractivity contribution in [3.63, 3.8) is 0 Å². The summed E-state index contributed by atoms with van der Waals surface area (Å²) in [6.07, 6.45) is 5.05. The molecule has 0 saturated carbocycles. The molecule has 0 bridgehead atoms. The maximum Gasteiger partial charge on any atom is 0.262 e. The van der Waals surface area contributed by atoms with Crippen molar-refractivity contribution in [3.8, 4) is 5.75 Å². The molecule has 2 heterocycles. The third-order valence-corrected chi connectivity index (χ3v) is 4.29. The molecule has 5 nitrogen and oxygen atoms in total. The quantitative estimate of drug-likeness (QED) is 0.761. The van der Waals surface area contributed by atoms with Gasteiger partial charge in [0, 0.05) is 11.4 Å². The number of furan rings is 1. The molecule has 130 valence electrons. The van der Waals surface area contributed by atoms with Crippen molar-refractivity contribution >= 4 is 23.4 Å². The maximum atomic E-state index is 13.1. The molecular formula is C21H18N2O3. The first-order valence-electron chi connectivity index (χ1n) is 8.31. The molecule has 1 aromatic heterocycles. The lowest BCUT2D eigenvalue weighted by Crippen LogP contribution is -2.48. The van der Waals surface area contributed by atoms with Crippen LogP contribution in [-0.2, 0) is 0 Å². The fourth-order valence-corrected chi connectivity index (χ4v) is 3.00. The summed E-state index contributed by atoms with van der Waals surface area (Å²) in [5.41, 5.74) is 2.24. The second-order valence-electron chi connectivity index (χ2n) is 5.88. The van der Waals surface area contributed by atoms with E-state index in [1.54, 1.807) is 18.3 Å². The van der Waals surface area contributed by atoms with Crippen LogP contribution in [0.4, 0.5) is 11.4 Å². The highest BCUT2D eigenvalue weighted by Crippen LogP contribution is 2.31. The van der Waals surface area contributed by atoms with Gasteiger partial charge < -0.3 is 14.5 Å². The largest absolute Gasteiger partial charge is 0.497 e. The Kier molecular flexibility index (Phi) is 4.19. The van der Waals surface area contributed by atoms with Crippen LogP contribution in [0.1, 0.15) is 16.1 Å². The number of ether oxygens (including phenoxy) is 1. The Balaban J connectivity index is 1.74. The Morgan fingerprint density at radius 3 is 2.62 bits per heavy atom. The van der Waals surface area contributed by atoms with E-state index in [4.69, 9.17) is 9.15 Å². The van der Waals surface area contributed by atoms with E-state index in [1.807, 2.05) is 72.8 Å². The number of para-hydroxylation sites is 1. The van der Waals surface area contributed by atoms with E-state index >= 15 is 0 Å². The summed E-state index contributed by atoms with van der Waals surface area (Å²) >= 11 is 0. The highest BCUT2D eigenvalue weighted by Gasteiger charge is 2.31. The van der Waals surface area contributed by atoms with E-state index in [9.17, 15) is 4.79 Å². The molecule has 1 N–H and O–H groups in total. The van der Waals surface area contributed by atoms with Gasteiger partial charge in [0.2, 0.25) is 0 Å². The zero-order valence-electron chi connectivity index (χ0n) is 14.3. The molecule has 2 aromatic carbocycles. The van der Waals surface area contributed by atoms with Crippen LogP contribution in [0.15, 0.2) is 77.4 Å². The summed E-state index contributed by atoms with van der Waals surface area (Å²) in [5.74, 6) is 1.42. The first-order chi connectivity index (χ1) is 12.8. The van der Waals surface area contributed by atoms with Crippen molar-refractivity contribution in [2.24, 2.45) is 0 Å². The molecule has 0 aliphatic carbocycles. The number of hydrogen-bond acceptors (Lipinski definition) is 4. The van der Waals surface area contributed by atoms with E-state index in [0.29, 0.717) is 5.56 Å². The summed E-state index contributed by atoms with van der Waals surface area (Å²) in [7, 11) is 1.62. The molecule has 3 aromatic rings. The van der Waals surface area contributed by atoms with Gasteiger partial charge >= 0.3 is 0 Å². The molecule has 5 heteroatoms. The van der Waals surface area contributed by atoms with Crippen molar-refractivity contribution in [1.29, 1.82) is 0 Å². The number of nitrogens with zero attached hydrogens (tertiary/aromatic N) is 1. The fraction of sp³-hybridized carbons (Fsp3) is 0.0952. The Bertz CT molecular complexity index is 930. The number of fused-ring (bicyclic) bond motifs is 1. The third kappa shape index (κ3) is 2.95. The number of benzene rings is 2. The Morgan fingerprint density at radius 1 is 1.08 bits per heavy atom. The molecule has 0 radical (unpaired) electrons. The van der Waals surface area contributed by atoms with E-state index in [0.717, 1.165) is 22.9 Å². The van der Waals surface area contributed by atoms with E-state index in [-0.39, 0.29) is 12.1 Å². The van der Waals surface area contributed by atoms with Gasteiger partial charge in [-0.15, -0.1) is 0 Å². The highest BCUT2D eigenvalue weighted by molar-refractivity contribution is 6.12. The number of carbonyl (C=O) groups is 1. The lowest BCUT2D eigenvalue weighted by molar-refractivity contribution is 0.0980. The summed E-state index contributed by atoms with van der Waals surface area (Å²) in [4.78, 5) is 14.9. The van der Waals surface area contributed by atoms with E-state index < -0.39 is 0 Å². The predicted octanol–water partition coefficient (Wildman–Crippen LogP) is 4.40. The van der Waals surface area contributed by atoms with Crippen molar-refractivity contribution < 1.29 is 13.9 Å². The van der Waals surface area contributed by atoms with Gasteiger partial charge in [0.15, 0.2) is 0 Å². The van der Waals surface area contributed by atoms with Crippen LogP contribution in [0.2, 0.25) is 0 Å². The minimum Gasteiger partial charge on any atom is -0.497 e. The molecule has 26 heavy (non-hydrogen) atoms. The van der Waals surface area contributed by atoms with Gasteiger partial charge in [0.25, 0.3) is 5.91 Å². The standard InChI is InChI=1S/C21H18N2O3/c1-25-16-10-8-15(9-11-16)23-20(13-12-17-5-4-14-26-17)22-19-7-3-2-6-18(19)21(23)24/h2-14,20,22H,1H3. The second kappa shape index (κ2) is 6.80. The van der Waals surface area contributed by atoms with Crippen LogP contribution in [0.3, 0.4) is 0 Å². The number of nitrogens with one attached hydrogen (secondary N) is 1. The second-order valence-corrected chi connectivity index (χ2v) is 5.88. The molecule has 4 rings (SSSR count). The zero-order chi connectivity index (χ0) is 17.9. The van der Waals surface area contributed by atoms with Gasteiger partial charge in [-0.05, 0) is 60.7 Å². The number of anilines is 2. The number of carbonyl (C=O) groups excluding carboxylic acids is 1. The molecule has 1 unspecified atom stereocenters. The van der Waals surface area contributed by atoms with Gasteiger partial charge in [0.1, 0.15) is 17.7 Å². The lowest BCUT2D eigenvalue weighted by Gasteiger charge is -2.36. The Hall–Kier alpha value is -3.47. The van der Waals surface area contributed by atoms with Crippen LogP contribution >= 0.6 is 0 Å². The normalized spacial score (nSPS) is 16.4. The minimum atomic E-state index is -0.337. The van der Waals surface area contributed by atoms with Crippen molar-refractivity contribution in [1.82, 2.24) is 0 Å². The van der Waals surface area contributed by atoms with Crippen molar-refractivity contribution in [2.45, 2.75) is 6.17 Å². The monoisotopic (exact) mass is 346 g/mol. The van der Waals surface area contributed by atoms with Crippen LogP contribution < -0.4 is 15.0 Å². The van der Waals surface area contributed by atoms with Gasteiger partial charge in [-0.3, -0.25) is 9.69 Å². The van der Waals surface area contributed by atoms with Gasteiger partial charge in [-0.25, -0.2) is 0 Å². The maximum absolute atomic E-state index is 13.1. The van der Waals surface area contributed by atoms with Gasteiger partial charge in [0.05, 0.1) is 18.9 Å². The van der Waals surface area contributed by atoms with Crippen LogP contribution in [0.25, 0.3) is 6.08 Å². The van der Waals surface area contributed by atoms with Crippen molar-refractivity contribution in [3.05, 3.63) is 84.3 Å². The van der Waals surface area contributed by atoms with Crippen LogP contribution in [0, 0.1) is 0 Å². The van der Waals surface area contributed by atoms with Gasteiger partial charge in [-0.2, -0.15) is 0 Å². The summed E-state index contributed by atoms with van der Waals surface area (Å²) in [6.45, 7) is 0. The molecule has 1 aliphatic rings. The topological polar surface area (TPSA) is 54.7 Å². The summed E-state index contributed by atoms with van der Waals surface area (Å²) < 4.78 is 10.6. The Labute approximate surface area is 151 Å². The third-order valence-electron chi connectivity index (χ3n) is 4.29. The minimum absolute atomic E-state index is 0.0568. The molecular weight excluding hydrogens is 328 g/mol. The lowest BCUT2D eigenvalue weighted by atomic mass is 10.1. The van der Waals surface area contributed by atoms with E-state index in [1.165, 1.54) is 0 Å². The number of amides is 1.